The second-order valence-corrected chi connectivity index (χ2v) is 4.41. The minimum atomic E-state index is -0.247. The zero-order valence-electron chi connectivity index (χ0n) is 9.73. The molecule has 1 aliphatic rings. The summed E-state index contributed by atoms with van der Waals surface area (Å²) in [6.07, 6.45) is 1.78. The molecule has 0 unspecified atom stereocenters. The molecular formula is C10H13N7O. The van der Waals surface area contributed by atoms with E-state index in [4.69, 9.17) is 5.73 Å². The number of carbonyl (C=O) groups is 1. The number of piperidine rings is 1. The van der Waals surface area contributed by atoms with Crippen LogP contribution in [0.5, 0.6) is 0 Å². The summed E-state index contributed by atoms with van der Waals surface area (Å²) >= 11 is 0. The molecule has 3 heterocycles. The van der Waals surface area contributed by atoms with E-state index < -0.39 is 0 Å². The van der Waals surface area contributed by atoms with E-state index in [9.17, 15) is 4.79 Å². The van der Waals surface area contributed by atoms with Crippen molar-refractivity contribution in [1.29, 1.82) is 0 Å². The first-order valence-corrected chi connectivity index (χ1v) is 5.84. The van der Waals surface area contributed by atoms with Crippen LogP contribution in [-0.2, 0) is 4.79 Å². The van der Waals surface area contributed by atoms with Crippen LogP contribution in [0.2, 0.25) is 0 Å². The molecule has 0 saturated carbocycles. The second kappa shape index (κ2) is 4.21. The molecule has 2 aromatic rings. The van der Waals surface area contributed by atoms with Gasteiger partial charge >= 0.3 is 0 Å². The van der Waals surface area contributed by atoms with Crippen molar-refractivity contribution in [3.8, 4) is 0 Å². The Kier molecular flexibility index (Phi) is 2.54. The summed E-state index contributed by atoms with van der Waals surface area (Å²) in [5, 5.41) is 15.4. The lowest BCUT2D eigenvalue weighted by atomic mass is 9.97. The summed E-state index contributed by atoms with van der Waals surface area (Å²) < 4.78 is 1.38. The number of amides is 1. The number of rotatable bonds is 2. The van der Waals surface area contributed by atoms with Gasteiger partial charge in [-0.1, -0.05) is 0 Å². The molecule has 1 aliphatic heterocycles. The predicted molar refractivity (Wildman–Crippen MR) is 62.7 cm³/mol. The number of carbonyl (C=O) groups excluding carboxylic acids is 1. The second-order valence-electron chi connectivity index (χ2n) is 4.41. The standard InChI is InChI=1S/C10H13N7O/c11-10(18)7-2-1-5-16(6-7)9-4-3-8-12-14-15-17(8)13-9/h3-4,7H,1-2,5-6H2,(H2,11,18)/t7-/m1/s1. The average Bonchev–Trinajstić information content (AvgIpc) is 2.86. The number of hydrogen-bond acceptors (Lipinski definition) is 6. The highest BCUT2D eigenvalue weighted by molar-refractivity contribution is 5.77. The van der Waals surface area contributed by atoms with Gasteiger partial charge in [-0.05, 0) is 35.4 Å². The van der Waals surface area contributed by atoms with E-state index in [0.717, 1.165) is 25.2 Å². The Morgan fingerprint density at radius 3 is 3.17 bits per heavy atom. The Hall–Kier alpha value is -2.25. The number of anilines is 1. The number of tetrazole rings is 1. The van der Waals surface area contributed by atoms with Crippen molar-refractivity contribution in [2.45, 2.75) is 12.8 Å². The van der Waals surface area contributed by atoms with E-state index in [-0.39, 0.29) is 11.8 Å². The van der Waals surface area contributed by atoms with E-state index in [0.29, 0.717) is 12.2 Å². The van der Waals surface area contributed by atoms with Crippen LogP contribution in [0.15, 0.2) is 12.1 Å². The van der Waals surface area contributed by atoms with Gasteiger partial charge in [0.15, 0.2) is 11.5 Å². The molecule has 2 aromatic heterocycles. The van der Waals surface area contributed by atoms with E-state index in [1.807, 2.05) is 11.0 Å². The predicted octanol–water partition coefficient (Wildman–Crippen LogP) is -0.779. The summed E-state index contributed by atoms with van der Waals surface area (Å²) in [6.45, 7) is 1.47. The molecule has 1 fully saturated rings. The summed E-state index contributed by atoms with van der Waals surface area (Å²) in [6, 6.07) is 3.66. The van der Waals surface area contributed by atoms with Gasteiger partial charge in [0, 0.05) is 13.1 Å². The van der Waals surface area contributed by atoms with Crippen molar-refractivity contribution in [2.75, 3.05) is 18.0 Å². The highest BCUT2D eigenvalue weighted by atomic mass is 16.1. The third-order valence-corrected chi connectivity index (χ3v) is 3.20. The third-order valence-electron chi connectivity index (χ3n) is 3.20. The van der Waals surface area contributed by atoms with Gasteiger partial charge in [-0.2, -0.15) is 0 Å². The van der Waals surface area contributed by atoms with Crippen molar-refractivity contribution >= 4 is 17.4 Å². The van der Waals surface area contributed by atoms with Gasteiger partial charge in [-0.25, -0.2) is 0 Å². The summed E-state index contributed by atoms with van der Waals surface area (Å²) in [4.78, 5) is 13.3. The summed E-state index contributed by atoms with van der Waals surface area (Å²) in [5.41, 5.74) is 5.96. The zero-order chi connectivity index (χ0) is 12.5. The number of aromatic nitrogens is 5. The Bertz CT molecular complexity index is 580. The molecule has 3 rings (SSSR count). The molecule has 2 N–H and O–H groups in total. The Morgan fingerprint density at radius 2 is 2.33 bits per heavy atom. The van der Waals surface area contributed by atoms with Crippen molar-refractivity contribution in [2.24, 2.45) is 11.7 Å². The van der Waals surface area contributed by atoms with Crippen LogP contribution >= 0.6 is 0 Å². The molecule has 0 aliphatic carbocycles. The molecule has 94 valence electrons. The van der Waals surface area contributed by atoms with Crippen molar-refractivity contribution in [1.82, 2.24) is 25.3 Å². The summed E-state index contributed by atoms with van der Waals surface area (Å²) in [7, 11) is 0. The first-order chi connectivity index (χ1) is 8.74. The van der Waals surface area contributed by atoms with Gasteiger partial charge in [0.2, 0.25) is 5.91 Å². The maximum Gasteiger partial charge on any atom is 0.222 e. The number of nitrogens with zero attached hydrogens (tertiary/aromatic N) is 6. The number of hydrogen-bond donors (Lipinski definition) is 1. The molecular weight excluding hydrogens is 234 g/mol. The largest absolute Gasteiger partial charge is 0.369 e. The maximum atomic E-state index is 11.2. The monoisotopic (exact) mass is 247 g/mol. The van der Waals surface area contributed by atoms with Gasteiger partial charge in [0.05, 0.1) is 5.92 Å². The number of primary amides is 1. The van der Waals surface area contributed by atoms with Crippen LogP contribution in [0.1, 0.15) is 12.8 Å². The van der Waals surface area contributed by atoms with E-state index >= 15 is 0 Å². The van der Waals surface area contributed by atoms with Crippen molar-refractivity contribution in [3.05, 3.63) is 12.1 Å². The van der Waals surface area contributed by atoms with Crippen molar-refractivity contribution in [3.63, 3.8) is 0 Å². The average molecular weight is 247 g/mol. The zero-order valence-corrected chi connectivity index (χ0v) is 9.73. The first kappa shape index (κ1) is 10.9. The molecule has 8 heteroatoms. The Morgan fingerprint density at radius 1 is 1.44 bits per heavy atom. The van der Waals surface area contributed by atoms with Gasteiger partial charge in [0.1, 0.15) is 0 Å². The number of fused-ring (bicyclic) bond motifs is 1. The molecule has 18 heavy (non-hydrogen) atoms. The smallest absolute Gasteiger partial charge is 0.222 e. The minimum absolute atomic E-state index is 0.106. The van der Waals surface area contributed by atoms with Crippen LogP contribution in [0, 0.1) is 5.92 Å². The topological polar surface area (TPSA) is 102 Å². The fourth-order valence-electron chi connectivity index (χ4n) is 2.23. The SMILES string of the molecule is NC(=O)[C@@H]1CCCN(c2ccc3nnnn3n2)C1. The lowest BCUT2D eigenvalue weighted by molar-refractivity contribution is -0.122. The third kappa shape index (κ3) is 1.85. The lowest BCUT2D eigenvalue weighted by Crippen LogP contribution is -2.41. The van der Waals surface area contributed by atoms with Crippen LogP contribution < -0.4 is 10.6 Å². The Balaban J connectivity index is 1.86. The quantitative estimate of drug-likeness (QED) is 0.747. The fraction of sp³-hybridized carbons (Fsp3) is 0.500. The van der Waals surface area contributed by atoms with E-state index in [1.54, 1.807) is 6.07 Å². The van der Waals surface area contributed by atoms with Gasteiger partial charge in [-0.3, -0.25) is 4.79 Å². The van der Waals surface area contributed by atoms with Gasteiger partial charge in [0.25, 0.3) is 0 Å². The Labute approximate surface area is 103 Å². The minimum Gasteiger partial charge on any atom is -0.369 e. The first-order valence-electron chi connectivity index (χ1n) is 5.84. The lowest BCUT2D eigenvalue weighted by Gasteiger charge is -2.31. The maximum absolute atomic E-state index is 11.2. The number of nitrogens with two attached hydrogens (primary N) is 1. The molecule has 0 bridgehead atoms. The highest BCUT2D eigenvalue weighted by Gasteiger charge is 2.25. The van der Waals surface area contributed by atoms with Crippen LogP contribution in [0.3, 0.4) is 0 Å². The van der Waals surface area contributed by atoms with Gasteiger partial charge < -0.3 is 10.6 Å². The molecule has 1 saturated heterocycles. The van der Waals surface area contributed by atoms with Crippen molar-refractivity contribution < 1.29 is 4.79 Å². The van der Waals surface area contributed by atoms with E-state index in [2.05, 4.69) is 20.6 Å². The molecule has 1 amide bonds. The van der Waals surface area contributed by atoms with Crippen LogP contribution in [0.4, 0.5) is 5.82 Å². The normalized spacial score (nSPS) is 20.2. The highest BCUT2D eigenvalue weighted by Crippen LogP contribution is 2.21. The molecule has 8 nitrogen and oxygen atoms in total. The summed E-state index contributed by atoms with van der Waals surface area (Å²) in [5.74, 6) is 0.411. The van der Waals surface area contributed by atoms with Crippen LogP contribution in [-0.4, -0.2) is 44.3 Å². The molecule has 0 radical (unpaired) electrons. The fourth-order valence-corrected chi connectivity index (χ4v) is 2.23. The molecule has 1 atom stereocenters. The van der Waals surface area contributed by atoms with E-state index in [1.165, 1.54) is 4.63 Å². The molecule has 0 spiro atoms. The van der Waals surface area contributed by atoms with Crippen LogP contribution in [0.25, 0.3) is 5.65 Å². The molecule has 0 aromatic carbocycles. The van der Waals surface area contributed by atoms with Gasteiger partial charge in [-0.15, -0.1) is 14.8 Å².